The molecular weight excluding hydrogens is 596 g/mol. The van der Waals surface area contributed by atoms with Crippen LogP contribution in [0.1, 0.15) is 124 Å². The van der Waals surface area contributed by atoms with E-state index in [1.165, 1.54) is 56.9 Å². The first-order chi connectivity index (χ1) is 23.1. The highest BCUT2D eigenvalue weighted by Gasteiger charge is 2.59. The number of aromatic nitrogens is 2. The van der Waals surface area contributed by atoms with E-state index in [1.807, 2.05) is 30.3 Å². The van der Waals surface area contributed by atoms with Gasteiger partial charge in [0.2, 0.25) is 0 Å². The zero-order valence-electron chi connectivity index (χ0n) is 30.1. The summed E-state index contributed by atoms with van der Waals surface area (Å²) in [5.74, 6) is 4.21. The van der Waals surface area contributed by atoms with Crippen LogP contribution in [-0.2, 0) is 25.7 Å². The lowest BCUT2D eigenvalue weighted by Crippen LogP contribution is -2.51. The molecule has 4 aliphatic carbocycles. The van der Waals surface area contributed by atoms with Gasteiger partial charge in [-0.05, 0) is 109 Å². The Balaban J connectivity index is 0.961. The maximum absolute atomic E-state index is 12.8. The van der Waals surface area contributed by atoms with Gasteiger partial charge in [0.05, 0.1) is 24.2 Å². The van der Waals surface area contributed by atoms with Crippen molar-refractivity contribution < 1.29 is 19.1 Å². The second kappa shape index (κ2) is 14.8. The third-order valence-corrected chi connectivity index (χ3v) is 13.2. The first-order valence-electron chi connectivity index (χ1n) is 19.0. The predicted octanol–water partition coefficient (Wildman–Crippen LogP) is 9.92. The normalized spacial score (nSPS) is 31.6. The standard InChI is InChI=1S/C42H58N2O4/c1-28(2)9-8-10-29(3)34-15-16-35-33-14-13-31-25-32(20-22-41(31,4)36(33)21-23-42(34,35)5)48-40(46)19-18-39(45)47-27-30-12-17-38(44-26-30)37-11-6-7-24-43-37/h6-7,11-13,17,24,26,28-29,32-36H,8-10,14-16,18-23,25,27H2,1-5H3/t29-,32?,33+,34-,35+,36+,41+,42-/m1/s1. The summed E-state index contributed by atoms with van der Waals surface area (Å²) in [7, 11) is 0. The number of ether oxygens (including phenoxy) is 2. The number of hydrogen-bond acceptors (Lipinski definition) is 6. The Morgan fingerprint density at radius 2 is 1.71 bits per heavy atom. The smallest absolute Gasteiger partial charge is 0.306 e. The fraction of sp³-hybridized carbons (Fsp3) is 0.667. The Morgan fingerprint density at radius 3 is 2.46 bits per heavy atom. The summed E-state index contributed by atoms with van der Waals surface area (Å²) in [6, 6.07) is 9.44. The van der Waals surface area contributed by atoms with E-state index in [0.29, 0.717) is 5.41 Å². The third kappa shape index (κ3) is 7.43. The minimum atomic E-state index is -0.401. The number of hydrogen-bond donors (Lipinski definition) is 0. The molecule has 6 rings (SSSR count). The lowest BCUT2D eigenvalue weighted by atomic mass is 9.47. The van der Waals surface area contributed by atoms with E-state index in [-0.39, 0.29) is 36.9 Å². The van der Waals surface area contributed by atoms with Crippen molar-refractivity contribution in [2.45, 2.75) is 131 Å². The predicted molar refractivity (Wildman–Crippen MR) is 189 cm³/mol. The van der Waals surface area contributed by atoms with Crippen LogP contribution in [0.15, 0.2) is 54.4 Å². The number of fused-ring (bicyclic) bond motifs is 5. The van der Waals surface area contributed by atoms with Gasteiger partial charge < -0.3 is 9.47 Å². The van der Waals surface area contributed by atoms with E-state index >= 15 is 0 Å². The van der Waals surface area contributed by atoms with E-state index in [4.69, 9.17) is 9.47 Å². The van der Waals surface area contributed by atoms with E-state index in [2.05, 4.69) is 50.7 Å². The van der Waals surface area contributed by atoms with E-state index in [0.717, 1.165) is 71.7 Å². The minimum absolute atomic E-state index is 0.0205. The molecule has 6 nitrogen and oxygen atoms in total. The van der Waals surface area contributed by atoms with Crippen LogP contribution < -0.4 is 0 Å². The molecule has 0 N–H and O–H groups in total. The average molecular weight is 655 g/mol. The van der Waals surface area contributed by atoms with Crippen molar-refractivity contribution in [1.82, 2.24) is 9.97 Å². The van der Waals surface area contributed by atoms with Crippen LogP contribution in [0.5, 0.6) is 0 Å². The first-order valence-corrected chi connectivity index (χ1v) is 19.0. The molecule has 0 spiro atoms. The molecule has 0 aliphatic heterocycles. The summed E-state index contributed by atoms with van der Waals surface area (Å²) in [4.78, 5) is 34.0. The molecule has 0 bridgehead atoms. The number of nitrogens with zero attached hydrogens (tertiary/aromatic N) is 2. The Hall–Kier alpha value is -3.02. The van der Waals surface area contributed by atoms with E-state index in [9.17, 15) is 9.59 Å². The summed E-state index contributed by atoms with van der Waals surface area (Å²) in [5.41, 5.74) is 4.60. The second-order valence-corrected chi connectivity index (χ2v) is 16.6. The van der Waals surface area contributed by atoms with Gasteiger partial charge in [0.1, 0.15) is 12.7 Å². The van der Waals surface area contributed by atoms with Crippen LogP contribution in [-0.4, -0.2) is 28.0 Å². The van der Waals surface area contributed by atoms with Crippen LogP contribution in [0.25, 0.3) is 11.4 Å². The van der Waals surface area contributed by atoms with Gasteiger partial charge in [-0.15, -0.1) is 0 Å². The molecule has 8 atom stereocenters. The van der Waals surface area contributed by atoms with Crippen molar-refractivity contribution in [3.8, 4) is 11.4 Å². The highest BCUT2D eigenvalue weighted by molar-refractivity contribution is 5.77. The van der Waals surface area contributed by atoms with Gasteiger partial charge in [0.15, 0.2) is 0 Å². The van der Waals surface area contributed by atoms with Crippen LogP contribution in [0.4, 0.5) is 0 Å². The largest absolute Gasteiger partial charge is 0.462 e. The van der Waals surface area contributed by atoms with Gasteiger partial charge in [-0.25, -0.2) is 0 Å². The van der Waals surface area contributed by atoms with Crippen LogP contribution in [0, 0.1) is 46.3 Å². The number of esters is 2. The zero-order chi connectivity index (χ0) is 33.9. The Kier molecular flexibility index (Phi) is 10.8. The molecule has 3 saturated carbocycles. The molecule has 3 fully saturated rings. The van der Waals surface area contributed by atoms with Crippen LogP contribution in [0.2, 0.25) is 0 Å². The number of allylic oxidation sites excluding steroid dienone is 1. The zero-order valence-corrected chi connectivity index (χ0v) is 30.1. The van der Waals surface area contributed by atoms with Gasteiger partial charge in [-0.3, -0.25) is 19.6 Å². The highest BCUT2D eigenvalue weighted by atomic mass is 16.5. The number of rotatable bonds is 12. The lowest BCUT2D eigenvalue weighted by Gasteiger charge is -2.58. The van der Waals surface area contributed by atoms with Crippen LogP contribution in [0.3, 0.4) is 0 Å². The minimum Gasteiger partial charge on any atom is -0.462 e. The summed E-state index contributed by atoms with van der Waals surface area (Å²) < 4.78 is 11.4. The van der Waals surface area contributed by atoms with Gasteiger partial charge in [0, 0.05) is 24.4 Å². The topological polar surface area (TPSA) is 78.4 Å². The Morgan fingerprint density at radius 1 is 0.896 bits per heavy atom. The number of carbonyl (C=O) groups is 2. The number of pyridine rings is 2. The fourth-order valence-corrected chi connectivity index (χ4v) is 10.6. The van der Waals surface area contributed by atoms with Gasteiger partial charge in [-0.1, -0.05) is 77.7 Å². The van der Waals surface area contributed by atoms with Crippen molar-refractivity contribution in [2.75, 3.05) is 0 Å². The molecule has 2 aromatic rings. The second-order valence-electron chi connectivity index (χ2n) is 16.6. The van der Waals surface area contributed by atoms with Crippen LogP contribution >= 0.6 is 0 Å². The molecule has 2 heterocycles. The monoisotopic (exact) mass is 654 g/mol. The van der Waals surface area contributed by atoms with Crippen molar-refractivity contribution in [2.24, 2.45) is 46.3 Å². The molecule has 4 aliphatic rings. The third-order valence-electron chi connectivity index (χ3n) is 13.2. The molecule has 260 valence electrons. The fourth-order valence-electron chi connectivity index (χ4n) is 10.6. The van der Waals surface area contributed by atoms with Crippen molar-refractivity contribution in [1.29, 1.82) is 0 Å². The molecule has 0 saturated heterocycles. The summed E-state index contributed by atoms with van der Waals surface area (Å²) in [5, 5.41) is 0. The van der Waals surface area contributed by atoms with E-state index in [1.54, 1.807) is 12.4 Å². The maximum atomic E-state index is 12.8. The first kappa shape index (κ1) is 34.8. The molecule has 6 heteroatoms. The van der Waals surface area contributed by atoms with Gasteiger partial charge >= 0.3 is 11.9 Å². The summed E-state index contributed by atoms with van der Waals surface area (Å²) >= 11 is 0. The van der Waals surface area contributed by atoms with Crippen molar-refractivity contribution >= 4 is 11.9 Å². The highest BCUT2D eigenvalue weighted by Crippen LogP contribution is 2.67. The van der Waals surface area contributed by atoms with Gasteiger partial charge in [0.25, 0.3) is 0 Å². The van der Waals surface area contributed by atoms with Gasteiger partial charge in [-0.2, -0.15) is 0 Å². The van der Waals surface area contributed by atoms with E-state index < -0.39 is 5.97 Å². The Labute approximate surface area is 288 Å². The molecular formula is C42H58N2O4. The molecule has 48 heavy (non-hydrogen) atoms. The quantitative estimate of drug-likeness (QED) is 0.167. The molecule has 2 aromatic heterocycles. The van der Waals surface area contributed by atoms with Crippen molar-refractivity contribution in [3.63, 3.8) is 0 Å². The average Bonchev–Trinajstić information content (AvgIpc) is 3.44. The SMILES string of the molecule is CC(C)CCC[C@@H](C)[C@H]1CC[C@H]2[C@@H]3CC=C4CC(OC(=O)CCC(=O)OCc5ccc(-c6ccccn6)nc5)CC[C@]4(C)[C@H]3CC[C@]12C. The molecule has 0 amide bonds. The molecule has 0 aromatic carbocycles. The van der Waals surface area contributed by atoms with Crippen molar-refractivity contribution in [3.05, 3.63) is 59.9 Å². The summed E-state index contributed by atoms with van der Waals surface area (Å²) in [6.07, 6.45) is 19.7. The molecule has 0 radical (unpaired) electrons. The number of carbonyl (C=O) groups excluding carboxylic acids is 2. The Bertz CT molecular complexity index is 1440. The summed E-state index contributed by atoms with van der Waals surface area (Å²) in [6.45, 7) is 12.6. The maximum Gasteiger partial charge on any atom is 0.306 e. The lowest BCUT2D eigenvalue weighted by molar-refractivity contribution is -0.155. The molecule has 1 unspecified atom stereocenters.